The van der Waals surface area contributed by atoms with E-state index < -0.39 is 16.2 Å². The summed E-state index contributed by atoms with van der Waals surface area (Å²) in [5.74, 6) is -0.182. The van der Waals surface area contributed by atoms with E-state index in [1.54, 1.807) is 41.3 Å². The van der Waals surface area contributed by atoms with Crippen molar-refractivity contribution in [1.82, 2.24) is 9.21 Å². The van der Waals surface area contributed by atoms with Gasteiger partial charge in [-0.15, -0.1) is 0 Å². The van der Waals surface area contributed by atoms with Gasteiger partial charge in [0.25, 0.3) is 5.91 Å². The number of hydrogen-bond acceptors (Lipinski definition) is 4. The van der Waals surface area contributed by atoms with Gasteiger partial charge < -0.3 is 9.80 Å². The van der Waals surface area contributed by atoms with Crippen molar-refractivity contribution in [3.63, 3.8) is 0 Å². The Balaban J connectivity index is 1.76. The largest absolute Gasteiger partial charge is 0.378 e. The maximum Gasteiger partial charge on any atom is 0.255 e. The van der Waals surface area contributed by atoms with Crippen LogP contribution in [0.2, 0.25) is 0 Å². The van der Waals surface area contributed by atoms with Crippen LogP contribution in [0.15, 0.2) is 77.7 Å². The second-order valence-electron chi connectivity index (χ2n) is 8.65. The van der Waals surface area contributed by atoms with Crippen molar-refractivity contribution in [2.24, 2.45) is 0 Å². The molecule has 7 heteroatoms. The normalized spacial score (nSPS) is 16.7. The van der Waals surface area contributed by atoms with Gasteiger partial charge in [0, 0.05) is 38.4 Å². The summed E-state index contributed by atoms with van der Waals surface area (Å²) in [4.78, 5) is 17.3. The van der Waals surface area contributed by atoms with Crippen LogP contribution in [0.1, 0.15) is 33.2 Å². The lowest BCUT2D eigenvalue weighted by Gasteiger charge is -2.30. The molecule has 3 aromatic rings. The molecule has 33 heavy (non-hydrogen) atoms. The average molecular weight is 464 g/mol. The molecule has 4 rings (SSSR count). The highest BCUT2D eigenvalue weighted by Crippen LogP contribution is 2.36. The predicted octanol–water partition coefficient (Wildman–Crippen LogP) is 4.21. The molecular weight excluding hydrogens is 434 g/mol. The Labute approximate surface area is 196 Å². The third-order valence-corrected chi connectivity index (χ3v) is 7.89. The number of carbonyl (C=O) groups is 1. The van der Waals surface area contributed by atoms with E-state index in [0.717, 1.165) is 22.4 Å². The summed E-state index contributed by atoms with van der Waals surface area (Å²) in [5, 5.41) is 0. The first kappa shape index (κ1) is 23.0. The van der Waals surface area contributed by atoms with Crippen molar-refractivity contribution in [3.05, 3.63) is 95.1 Å². The van der Waals surface area contributed by atoms with Crippen LogP contribution in [0.3, 0.4) is 0 Å². The number of hydrogen-bond donors (Lipinski definition) is 0. The monoisotopic (exact) mass is 463 g/mol. The lowest BCUT2D eigenvalue weighted by molar-refractivity contribution is 0.0693. The fraction of sp³-hybridized carbons (Fsp3) is 0.269. The Kier molecular flexibility index (Phi) is 6.28. The third-order valence-electron chi connectivity index (χ3n) is 6.02. The molecule has 0 aromatic heterocycles. The van der Waals surface area contributed by atoms with Gasteiger partial charge in [0.05, 0.1) is 4.90 Å². The van der Waals surface area contributed by atoms with E-state index in [1.165, 1.54) is 4.31 Å². The van der Waals surface area contributed by atoms with E-state index in [9.17, 15) is 13.2 Å². The highest BCUT2D eigenvalue weighted by atomic mass is 32.2. The number of aryl methyl sites for hydroxylation is 2. The fourth-order valence-corrected chi connectivity index (χ4v) is 5.64. The molecule has 1 aliphatic heterocycles. The van der Waals surface area contributed by atoms with Crippen molar-refractivity contribution in [2.45, 2.75) is 24.9 Å². The zero-order valence-electron chi connectivity index (χ0n) is 19.4. The number of rotatable bonds is 5. The molecule has 3 aromatic carbocycles. The van der Waals surface area contributed by atoms with Gasteiger partial charge in [-0.25, -0.2) is 8.42 Å². The molecule has 1 aliphatic rings. The van der Waals surface area contributed by atoms with Crippen LogP contribution in [0.25, 0.3) is 0 Å². The molecule has 1 heterocycles. The minimum Gasteiger partial charge on any atom is -0.378 e. The number of sulfonamides is 1. The van der Waals surface area contributed by atoms with Crippen LogP contribution < -0.4 is 4.90 Å². The van der Waals surface area contributed by atoms with Crippen molar-refractivity contribution in [2.75, 3.05) is 32.1 Å². The summed E-state index contributed by atoms with van der Waals surface area (Å²) in [5.41, 5.74) is 4.36. The molecule has 1 amide bonds. The van der Waals surface area contributed by atoms with Crippen LogP contribution in [-0.2, 0) is 10.0 Å². The smallest absolute Gasteiger partial charge is 0.255 e. The summed E-state index contributed by atoms with van der Waals surface area (Å²) in [6.07, 6.45) is -0.721. The van der Waals surface area contributed by atoms with Crippen molar-refractivity contribution in [1.29, 1.82) is 0 Å². The average Bonchev–Trinajstić information content (AvgIpc) is 3.25. The van der Waals surface area contributed by atoms with Gasteiger partial charge in [0.1, 0.15) is 6.17 Å². The van der Waals surface area contributed by atoms with E-state index in [1.807, 2.05) is 69.2 Å². The zero-order chi connectivity index (χ0) is 23.8. The van der Waals surface area contributed by atoms with Crippen molar-refractivity contribution >= 4 is 21.6 Å². The Bertz CT molecular complexity index is 1240. The zero-order valence-corrected chi connectivity index (χ0v) is 20.2. The van der Waals surface area contributed by atoms with Crippen LogP contribution >= 0.6 is 0 Å². The summed E-state index contributed by atoms with van der Waals surface area (Å²) in [6.45, 7) is 4.43. The summed E-state index contributed by atoms with van der Waals surface area (Å²) in [6, 6.07) is 21.9. The van der Waals surface area contributed by atoms with Gasteiger partial charge in [-0.2, -0.15) is 4.31 Å². The number of benzene rings is 3. The third kappa shape index (κ3) is 4.51. The Morgan fingerprint density at radius 2 is 1.36 bits per heavy atom. The Hall–Kier alpha value is -3.16. The number of nitrogens with zero attached hydrogens (tertiary/aromatic N) is 3. The second kappa shape index (κ2) is 9.00. The molecule has 0 radical (unpaired) electrons. The topological polar surface area (TPSA) is 60.9 Å². The number of carbonyl (C=O) groups excluding carboxylic acids is 1. The van der Waals surface area contributed by atoms with Crippen LogP contribution in [0.5, 0.6) is 0 Å². The number of anilines is 1. The molecule has 0 bridgehead atoms. The highest BCUT2D eigenvalue weighted by molar-refractivity contribution is 7.89. The van der Waals surface area contributed by atoms with Gasteiger partial charge in [-0.05, 0) is 55.8 Å². The van der Waals surface area contributed by atoms with Gasteiger partial charge in [-0.3, -0.25) is 4.79 Å². The Morgan fingerprint density at radius 1 is 0.818 bits per heavy atom. The van der Waals surface area contributed by atoms with E-state index in [-0.39, 0.29) is 17.3 Å². The molecule has 0 aliphatic carbocycles. The first-order chi connectivity index (χ1) is 15.7. The van der Waals surface area contributed by atoms with Gasteiger partial charge in [-0.1, -0.05) is 47.5 Å². The van der Waals surface area contributed by atoms with Gasteiger partial charge >= 0.3 is 0 Å². The molecule has 0 spiro atoms. The summed E-state index contributed by atoms with van der Waals surface area (Å²) in [7, 11) is 0.0951. The minimum absolute atomic E-state index is 0.182. The molecule has 1 fully saturated rings. The predicted molar refractivity (Wildman–Crippen MR) is 131 cm³/mol. The lowest BCUT2D eigenvalue weighted by atomic mass is 10.1. The molecule has 0 unspecified atom stereocenters. The summed E-state index contributed by atoms with van der Waals surface area (Å²) < 4.78 is 28.7. The maximum atomic E-state index is 13.6. The highest BCUT2D eigenvalue weighted by Gasteiger charge is 2.43. The molecular formula is C26H29N3O3S. The van der Waals surface area contributed by atoms with E-state index in [4.69, 9.17) is 0 Å². The first-order valence-electron chi connectivity index (χ1n) is 10.9. The van der Waals surface area contributed by atoms with Crippen molar-refractivity contribution in [3.8, 4) is 0 Å². The summed E-state index contributed by atoms with van der Waals surface area (Å²) >= 11 is 0. The van der Waals surface area contributed by atoms with Crippen LogP contribution in [0, 0.1) is 13.8 Å². The molecule has 172 valence electrons. The van der Waals surface area contributed by atoms with Crippen LogP contribution in [0.4, 0.5) is 5.69 Å². The van der Waals surface area contributed by atoms with E-state index >= 15 is 0 Å². The van der Waals surface area contributed by atoms with Gasteiger partial charge in [0.2, 0.25) is 10.0 Å². The molecule has 0 N–H and O–H groups in total. The van der Waals surface area contributed by atoms with Crippen molar-refractivity contribution < 1.29 is 13.2 Å². The quantitative estimate of drug-likeness (QED) is 0.569. The maximum absolute atomic E-state index is 13.6. The molecule has 1 atom stereocenters. The Morgan fingerprint density at radius 3 is 1.91 bits per heavy atom. The van der Waals surface area contributed by atoms with E-state index in [0.29, 0.717) is 12.1 Å². The first-order valence-corrected chi connectivity index (χ1v) is 12.4. The fourth-order valence-electron chi connectivity index (χ4n) is 4.07. The number of amides is 1. The molecule has 1 saturated heterocycles. The standard InChI is InChI=1S/C26H29N3O3S/c1-19-5-9-22(10-6-19)26(30)28-17-18-29(33(31,32)24-15-7-20(2)8-16-24)25(28)21-11-13-23(14-12-21)27(3)4/h5-16,25H,17-18H2,1-4H3/t25-/m0/s1. The molecule has 0 saturated carbocycles. The van der Waals surface area contributed by atoms with E-state index in [2.05, 4.69) is 0 Å². The van der Waals surface area contributed by atoms with Gasteiger partial charge in [0.15, 0.2) is 0 Å². The molecule has 6 nitrogen and oxygen atoms in total. The second-order valence-corrected chi connectivity index (χ2v) is 10.5. The minimum atomic E-state index is -3.81. The van der Waals surface area contributed by atoms with Crippen LogP contribution in [-0.4, -0.2) is 50.7 Å². The SMILES string of the molecule is Cc1ccc(C(=O)N2CCN(S(=O)(=O)c3ccc(C)cc3)[C@H]2c2ccc(N(C)C)cc2)cc1. The lowest BCUT2D eigenvalue weighted by Crippen LogP contribution is -2.38.